The molecular formula is C22H28N3O+. The van der Waals surface area contributed by atoms with Crippen LogP contribution in [-0.4, -0.2) is 12.2 Å². The second-order valence-corrected chi connectivity index (χ2v) is 8.43. The van der Waals surface area contributed by atoms with Crippen LogP contribution in [0.4, 0.5) is 11.4 Å². The summed E-state index contributed by atoms with van der Waals surface area (Å²) in [5, 5.41) is 0. The predicted molar refractivity (Wildman–Crippen MR) is 108 cm³/mol. The summed E-state index contributed by atoms with van der Waals surface area (Å²) in [7, 11) is 0. The molecule has 1 amide bonds. The van der Waals surface area contributed by atoms with Crippen molar-refractivity contribution in [2.24, 2.45) is 11.5 Å². The van der Waals surface area contributed by atoms with E-state index in [4.69, 9.17) is 11.5 Å². The van der Waals surface area contributed by atoms with E-state index in [1.54, 1.807) is 18.5 Å². The molecule has 4 N–H and O–H groups in total. The smallest absolute Gasteiger partial charge is 0.248 e. The number of fused-ring (bicyclic) bond motifs is 1. The fourth-order valence-electron chi connectivity index (χ4n) is 3.83. The highest BCUT2D eigenvalue weighted by Gasteiger charge is 2.37. The number of rotatable bonds is 3. The Hall–Kier alpha value is -2.62. The third-order valence-corrected chi connectivity index (χ3v) is 5.69. The lowest BCUT2D eigenvalue weighted by molar-refractivity contribution is 0.100. The van der Waals surface area contributed by atoms with Gasteiger partial charge in [-0.25, -0.2) is 0 Å². The molecule has 1 aliphatic rings. The minimum Gasteiger partial charge on any atom is -0.366 e. The van der Waals surface area contributed by atoms with Crippen LogP contribution in [-0.2, 0) is 10.8 Å². The van der Waals surface area contributed by atoms with E-state index in [0.717, 1.165) is 17.8 Å². The van der Waals surface area contributed by atoms with Crippen molar-refractivity contribution in [3.63, 3.8) is 0 Å². The fourth-order valence-corrected chi connectivity index (χ4v) is 3.83. The molecule has 0 saturated carbocycles. The molecule has 0 aromatic heterocycles. The van der Waals surface area contributed by atoms with Gasteiger partial charge in [-0.05, 0) is 71.2 Å². The first kappa shape index (κ1) is 18.2. The first-order chi connectivity index (χ1) is 12.2. The van der Waals surface area contributed by atoms with E-state index in [-0.39, 0.29) is 10.8 Å². The molecule has 0 unspecified atom stereocenters. The normalized spacial score (nSPS) is 18.2. The first-order valence-electron chi connectivity index (χ1n) is 9.05. The van der Waals surface area contributed by atoms with Gasteiger partial charge in [-0.1, -0.05) is 33.8 Å². The van der Waals surface area contributed by atoms with Gasteiger partial charge in [-0.3, -0.25) is 10.5 Å². The average molecular weight is 350 g/mol. The van der Waals surface area contributed by atoms with Crippen molar-refractivity contribution < 1.29 is 4.79 Å². The molecule has 136 valence electrons. The van der Waals surface area contributed by atoms with Crippen molar-refractivity contribution >= 4 is 23.6 Å². The number of nitrogens with zero attached hydrogens (tertiary/aromatic N) is 1. The number of nitrogens with two attached hydrogens (primary N) is 2. The lowest BCUT2D eigenvalue weighted by atomic mass is 9.63. The summed E-state index contributed by atoms with van der Waals surface area (Å²) >= 11 is 0. The van der Waals surface area contributed by atoms with E-state index in [2.05, 4.69) is 45.9 Å². The van der Waals surface area contributed by atoms with Gasteiger partial charge in [0.2, 0.25) is 12.2 Å². The highest BCUT2D eigenvalue weighted by molar-refractivity contribution is 5.93. The first-order valence-corrected chi connectivity index (χ1v) is 9.05. The van der Waals surface area contributed by atoms with E-state index in [0.29, 0.717) is 5.56 Å². The third kappa shape index (κ3) is 3.12. The number of benzene rings is 2. The second kappa shape index (κ2) is 6.27. The zero-order valence-electron chi connectivity index (χ0n) is 16.0. The Morgan fingerprint density at radius 2 is 1.46 bits per heavy atom. The fraction of sp³-hybridized carbons (Fsp3) is 0.364. The largest absolute Gasteiger partial charge is 0.366 e. The van der Waals surface area contributed by atoms with Gasteiger partial charge in [-0.15, -0.1) is 0 Å². The van der Waals surface area contributed by atoms with Gasteiger partial charge in [0.1, 0.15) is 11.4 Å². The van der Waals surface area contributed by atoms with E-state index in [9.17, 15) is 4.79 Å². The maximum atomic E-state index is 11.3. The molecule has 0 aliphatic heterocycles. The van der Waals surface area contributed by atoms with Crippen LogP contribution in [0.1, 0.15) is 62.0 Å². The quantitative estimate of drug-likeness (QED) is 0.500. The third-order valence-electron chi connectivity index (χ3n) is 5.69. The summed E-state index contributed by atoms with van der Waals surface area (Å²) in [6.45, 7) is 9.25. The molecule has 2 aromatic rings. The molecule has 1 aliphatic carbocycles. The van der Waals surface area contributed by atoms with Gasteiger partial charge < -0.3 is 5.73 Å². The van der Waals surface area contributed by atoms with Crippen LogP contribution >= 0.6 is 0 Å². The SMILES string of the molecule is CC1(C)CCC(C)(C)c2cc([N+](=CN)c3ccc(C(N)=O)cc3)ccc21. The highest BCUT2D eigenvalue weighted by atomic mass is 16.1. The van der Waals surface area contributed by atoms with Crippen molar-refractivity contribution in [1.29, 1.82) is 0 Å². The Morgan fingerprint density at radius 3 is 2.00 bits per heavy atom. The summed E-state index contributed by atoms with van der Waals surface area (Å²) in [4.78, 5) is 11.3. The van der Waals surface area contributed by atoms with E-state index in [1.165, 1.54) is 17.5 Å². The number of carbonyl (C=O) groups is 1. The van der Waals surface area contributed by atoms with Crippen LogP contribution in [0.25, 0.3) is 0 Å². The van der Waals surface area contributed by atoms with Crippen LogP contribution < -0.4 is 16.0 Å². The molecule has 4 nitrogen and oxygen atoms in total. The minimum atomic E-state index is -0.433. The summed E-state index contributed by atoms with van der Waals surface area (Å²) in [5.74, 6) is -0.433. The molecule has 0 fully saturated rings. The summed E-state index contributed by atoms with van der Waals surface area (Å²) in [6.07, 6.45) is 3.91. The number of hydrogen-bond donors (Lipinski definition) is 2. The molecule has 3 rings (SSSR count). The van der Waals surface area contributed by atoms with Crippen molar-refractivity contribution in [2.75, 3.05) is 0 Å². The Morgan fingerprint density at radius 1 is 0.923 bits per heavy atom. The molecule has 2 aromatic carbocycles. The summed E-state index contributed by atoms with van der Waals surface area (Å²) in [5.41, 5.74) is 16.8. The van der Waals surface area contributed by atoms with Gasteiger partial charge in [0.25, 0.3) is 0 Å². The topological polar surface area (TPSA) is 72.1 Å². The van der Waals surface area contributed by atoms with Gasteiger partial charge in [0, 0.05) is 5.56 Å². The molecular weight excluding hydrogens is 322 g/mol. The van der Waals surface area contributed by atoms with Crippen molar-refractivity contribution in [2.45, 2.75) is 51.4 Å². The zero-order chi connectivity index (χ0) is 19.1. The minimum absolute atomic E-state index is 0.136. The monoisotopic (exact) mass is 350 g/mol. The van der Waals surface area contributed by atoms with Gasteiger partial charge in [-0.2, -0.15) is 4.58 Å². The van der Waals surface area contributed by atoms with Crippen LogP contribution in [0.3, 0.4) is 0 Å². The van der Waals surface area contributed by atoms with Crippen LogP contribution in [0.15, 0.2) is 42.5 Å². The molecule has 0 radical (unpaired) electrons. The Kier molecular flexibility index (Phi) is 4.39. The van der Waals surface area contributed by atoms with Crippen molar-refractivity contribution in [1.82, 2.24) is 4.58 Å². The Labute approximate surface area is 155 Å². The van der Waals surface area contributed by atoms with Crippen LogP contribution in [0.2, 0.25) is 0 Å². The number of primary amides is 1. The number of amides is 1. The predicted octanol–water partition coefficient (Wildman–Crippen LogP) is 3.96. The average Bonchev–Trinajstić information content (AvgIpc) is 2.60. The van der Waals surface area contributed by atoms with Gasteiger partial charge >= 0.3 is 0 Å². The van der Waals surface area contributed by atoms with Crippen LogP contribution in [0, 0.1) is 0 Å². The second-order valence-electron chi connectivity index (χ2n) is 8.43. The zero-order valence-corrected chi connectivity index (χ0v) is 16.0. The molecule has 0 heterocycles. The summed E-state index contributed by atoms with van der Waals surface area (Å²) in [6, 6.07) is 13.8. The number of carbonyl (C=O) groups excluding carboxylic acids is 1. The van der Waals surface area contributed by atoms with Gasteiger partial charge in [0.15, 0.2) is 0 Å². The van der Waals surface area contributed by atoms with Crippen LogP contribution in [0.5, 0.6) is 0 Å². The maximum Gasteiger partial charge on any atom is 0.248 e. The van der Waals surface area contributed by atoms with E-state index < -0.39 is 5.91 Å². The standard InChI is InChI=1S/C22H27N3O/c1-21(2)11-12-22(3,4)19-13-17(9-10-18(19)21)25(14-23)16-7-5-15(6-8-16)20(24)26/h5-10,13-14,23H,11-12H2,1-4H3,(H2,24,26)/p+1. The molecule has 0 spiro atoms. The van der Waals surface area contributed by atoms with Gasteiger partial charge in [0.05, 0.1) is 0 Å². The Balaban J connectivity index is 2.07. The Bertz CT molecular complexity index is 877. The summed E-state index contributed by atoms with van der Waals surface area (Å²) < 4.78 is 1.93. The van der Waals surface area contributed by atoms with Crippen molar-refractivity contribution in [3.8, 4) is 0 Å². The lowest BCUT2D eigenvalue weighted by Crippen LogP contribution is -2.34. The molecule has 0 bridgehead atoms. The van der Waals surface area contributed by atoms with E-state index >= 15 is 0 Å². The molecule has 26 heavy (non-hydrogen) atoms. The molecule has 4 heteroatoms. The molecule has 0 saturated heterocycles. The lowest BCUT2D eigenvalue weighted by Gasteiger charge is -2.41. The van der Waals surface area contributed by atoms with Crippen molar-refractivity contribution in [3.05, 3.63) is 59.2 Å². The maximum absolute atomic E-state index is 11.3. The van der Waals surface area contributed by atoms with E-state index in [1.807, 2.05) is 16.7 Å². The molecule has 0 atom stereocenters. The highest BCUT2D eigenvalue weighted by Crippen LogP contribution is 2.46. The number of hydrogen-bond acceptors (Lipinski definition) is 1.